The van der Waals surface area contributed by atoms with Gasteiger partial charge in [0.2, 0.25) is 0 Å². The normalized spacial score (nSPS) is 13.2. The van der Waals surface area contributed by atoms with E-state index < -0.39 is 12.7 Å². The van der Waals surface area contributed by atoms with E-state index >= 15 is 0 Å². The first kappa shape index (κ1) is 14.7. The highest BCUT2D eigenvalue weighted by atomic mass is 19.4. The van der Waals surface area contributed by atoms with Crippen LogP contribution in [0.15, 0.2) is 0 Å². The van der Waals surface area contributed by atoms with Gasteiger partial charge >= 0.3 is 6.18 Å². The molecular formula is C10H21F3N2. The molecule has 92 valence electrons. The molecule has 0 aromatic rings. The predicted octanol–water partition coefficient (Wildman–Crippen LogP) is 2.26. The molecule has 0 aliphatic carbocycles. The minimum absolute atomic E-state index is 0.359. The van der Waals surface area contributed by atoms with Crippen LogP contribution in [0.25, 0.3) is 0 Å². The van der Waals surface area contributed by atoms with Crippen molar-refractivity contribution >= 4 is 0 Å². The van der Waals surface area contributed by atoms with Crippen molar-refractivity contribution in [1.29, 1.82) is 0 Å². The Kier molecular flexibility index (Phi) is 6.20. The second-order valence-electron chi connectivity index (χ2n) is 4.22. The van der Waals surface area contributed by atoms with Crippen LogP contribution in [0, 0.1) is 0 Å². The quantitative estimate of drug-likeness (QED) is 0.699. The van der Waals surface area contributed by atoms with Crippen LogP contribution in [0.3, 0.4) is 0 Å². The van der Waals surface area contributed by atoms with Gasteiger partial charge in [-0.05, 0) is 27.7 Å². The lowest BCUT2D eigenvalue weighted by Crippen LogP contribution is -2.42. The Bertz CT molecular complexity index is 159. The van der Waals surface area contributed by atoms with E-state index in [1.807, 2.05) is 27.7 Å². The van der Waals surface area contributed by atoms with Crippen LogP contribution in [0.4, 0.5) is 13.2 Å². The average Bonchev–Trinajstić information content (AvgIpc) is 2.00. The van der Waals surface area contributed by atoms with Crippen molar-refractivity contribution in [3.8, 4) is 0 Å². The summed E-state index contributed by atoms with van der Waals surface area (Å²) in [5, 5.41) is 2.40. The fourth-order valence-electron chi connectivity index (χ4n) is 1.55. The molecular weight excluding hydrogens is 205 g/mol. The van der Waals surface area contributed by atoms with Crippen molar-refractivity contribution in [2.75, 3.05) is 19.6 Å². The third kappa shape index (κ3) is 7.62. The summed E-state index contributed by atoms with van der Waals surface area (Å²) in [6.07, 6.45) is -4.11. The predicted molar refractivity (Wildman–Crippen MR) is 55.9 cm³/mol. The van der Waals surface area contributed by atoms with Crippen LogP contribution >= 0.6 is 0 Å². The van der Waals surface area contributed by atoms with Gasteiger partial charge in [-0.25, -0.2) is 0 Å². The lowest BCUT2D eigenvalue weighted by atomic mass is 10.2. The summed E-state index contributed by atoms with van der Waals surface area (Å²) in [5.74, 6) is 0. The molecule has 0 aromatic heterocycles. The molecule has 15 heavy (non-hydrogen) atoms. The van der Waals surface area contributed by atoms with Crippen molar-refractivity contribution < 1.29 is 13.2 Å². The van der Waals surface area contributed by atoms with Crippen LogP contribution in [0.5, 0.6) is 0 Å². The Hall–Kier alpha value is -0.290. The number of alkyl halides is 3. The molecule has 0 aliphatic heterocycles. The summed E-state index contributed by atoms with van der Waals surface area (Å²) in [5.41, 5.74) is 0. The molecule has 2 nitrogen and oxygen atoms in total. The largest absolute Gasteiger partial charge is 0.401 e. The minimum Gasteiger partial charge on any atom is -0.307 e. The van der Waals surface area contributed by atoms with Gasteiger partial charge in [0.15, 0.2) is 0 Å². The maximum Gasteiger partial charge on any atom is 0.401 e. The lowest BCUT2D eigenvalue weighted by Gasteiger charge is -2.30. The van der Waals surface area contributed by atoms with Gasteiger partial charge < -0.3 is 5.32 Å². The molecule has 0 radical (unpaired) electrons. The summed E-state index contributed by atoms with van der Waals surface area (Å²) >= 11 is 0. The van der Waals surface area contributed by atoms with Gasteiger partial charge in [-0.3, -0.25) is 4.90 Å². The maximum absolute atomic E-state index is 11.8. The Morgan fingerprint density at radius 3 is 1.87 bits per heavy atom. The zero-order chi connectivity index (χ0) is 12.1. The molecule has 0 atom stereocenters. The molecule has 0 unspecified atom stereocenters. The molecule has 0 rings (SSSR count). The number of halogens is 3. The summed E-state index contributed by atoms with van der Waals surface area (Å²) in [7, 11) is 0. The topological polar surface area (TPSA) is 15.3 Å². The molecule has 0 saturated heterocycles. The van der Waals surface area contributed by atoms with Crippen LogP contribution in [0.2, 0.25) is 0 Å². The fourth-order valence-corrected chi connectivity index (χ4v) is 1.55. The van der Waals surface area contributed by atoms with E-state index in [-0.39, 0.29) is 0 Å². The van der Waals surface area contributed by atoms with E-state index in [9.17, 15) is 13.2 Å². The standard InChI is InChI=1S/C10H21F3N2/c1-8(2)15(9(3)4)6-5-14-7-10(11,12)13/h8-9,14H,5-7H2,1-4H3. The third-order valence-electron chi connectivity index (χ3n) is 2.20. The first-order valence-electron chi connectivity index (χ1n) is 5.27. The first-order valence-corrected chi connectivity index (χ1v) is 5.27. The molecule has 0 saturated carbocycles. The number of nitrogens with one attached hydrogen (secondary N) is 1. The van der Waals surface area contributed by atoms with Gasteiger partial charge in [0.1, 0.15) is 0 Å². The number of hydrogen-bond donors (Lipinski definition) is 1. The molecule has 0 aromatic carbocycles. The van der Waals surface area contributed by atoms with Crippen molar-refractivity contribution in [2.45, 2.75) is 46.0 Å². The Balaban J connectivity index is 3.73. The Labute approximate surface area is 89.8 Å². The van der Waals surface area contributed by atoms with Crippen LogP contribution in [0.1, 0.15) is 27.7 Å². The Morgan fingerprint density at radius 1 is 1.07 bits per heavy atom. The SMILES string of the molecule is CC(C)N(CCNCC(F)(F)F)C(C)C. The summed E-state index contributed by atoms with van der Waals surface area (Å²) < 4.78 is 35.5. The van der Waals surface area contributed by atoms with Crippen molar-refractivity contribution in [3.05, 3.63) is 0 Å². The molecule has 0 bridgehead atoms. The lowest BCUT2D eigenvalue weighted by molar-refractivity contribution is -0.124. The van der Waals surface area contributed by atoms with E-state index in [2.05, 4.69) is 10.2 Å². The highest BCUT2D eigenvalue weighted by molar-refractivity contribution is 4.68. The van der Waals surface area contributed by atoms with E-state index in [1.165, 1.54) is 0 Å². The van der Waals surface area contributed by atoms with Gasteiger partial charge in [-0.1, -0.05) is 0 Å². The average molecular weight is 226 g/mol. The van der Waals surface area contributed by atoms with Gasteiger partial charge in [0.25, 0.3) is 0 Å². The van der Waals surface area contributed by atoms with Gasteiger partial charge in [0, 0.05) is 25.2 Å². The van der Waals surface area contributed by atoms with E-state index in [1.54, 1.807) is 0 Å². The first-order chi connectivity index (χ1) is 6.74. The molecule has 0 fully saturated rings. The number of nitrogens with zero attached hydrogens (tertiary/aromatic N) is 1. The van der Waals surface area contributed by atoms with Gasteiger partial charge in [-0.15, -0.1) is 0 Å². The summed E-state index contributed by atoms with van der Waals surface area (Å²) in [6.45, 7) is 8.29. The molecule has 0 aliphatic rings. The maximum atomic E-state index is 11.8. The highest BCUT2D eigenvalue weighted by Crippen LogP contribution is 2.12. The molecule has 1 N–H and O–H groups in total. The molecule has 0 heterocycles. The second-order valence-corrected chi connectivity index (χ2v) is 4.22. The Morgan fingerprint density at radius 2 is 1.53 bits per heavy atom. The zero-order valence-corrected chi connectivity index (χ0v) is 9.86. The van der Waals surface area contributed by atoms with Crippen molar-refractivity contribution in [1.82, 2.24) is 10.2 Å². The smallest absolute Gasteiger partial charge is 0.307 e. The van der Waals surface area contributed by atoms with E-state index in [0.29, 0.717) is 25.2 Å². The molecule has 0 amide bonds. The molecule has 5 heteroatoms. The van der Waals surface area contributed by atoms with Crippen LogP contribution in [-0.2, 0) is 0 Å². The monoisotopic (exact) mass is 226 g/mol. The van der Waals surface area contributed by atoms with E-state index in [0.717, 1.165) is 0 Å². The summed E-state index contributed by atoms with van der Waals surface area (Å²) in [6, 6.07) is 0.718. The number of hydrogen-bond acceptors (Lipinski definition) is 2. The van der Waals surface area contributed by atoms with Gasteiger partial charge in [-0.2, -0.15) is 13.2 Å². The van der Waals surface area contributed by atoms with E-state index in [4.69, 9.17) is 0 Å². The van der Waals surface area contributed by atoms with Gasteiger partial charge in [0.05, 0.1) is 6.54 Å². The highest BCUT2D eigenvalue weighted by Gasteiger charge is 2.26. The number of rotatable bonds is 6. The van der Waals surface area contributed by atoms with Crippen molar-refractivity contribution in [2.24, 2.45) is 0 Å². The second kappa shape index (κ2) is 6.33. The molecule has 0 spiro atoms. The third-order valence-corrected chi connectivity index (χ3v) is 2.20. The van der Waals surface area contributed by atoms with Crippen molar-refractivity contribution in [3.63, 3.8) is 0 Å². The zero-order valence-electron chi connectivity index (χ0n) is 9.86. The minimum atomic E-state index is -4.11. The van der Waals surface area contributed by atoms with Crippen LogP contribution < -0.4 is 5.32 Å². The fraction of sp³-hybridized carbons (Fsp3) is 1.00. The van der Waals surface area contributed by atoms with Crippen LogP contribution in [-0.4, -0.2) is 42.8 Å². The summed E-state index contributed by atoms with van der Waals surface area (Å²) in [4.78, 5) is 2.16.